The third-order valence-electron chi connectivity index (χ3n) is 4.21. The van der Waals surface area contributed by atoms with Gasteiger partial charge in [0.05, 0.1) is 18.1 Å². The van der Waals surface area contributed by atoms with Crippen LogP contribution in [0.2, 0.25) is 0 Å². The minimum Gasteiger partial charge on any atom is -0.497 e. The van der Waals surface area contributed by atoms with Crippen molar-refractivity contribution in [2.45, 2.75) is 13.0 Å². The highest BCUT2D eigenvalue weighted by molar-refractivity contribution is 5.91. The fraction of sp³-hybridized carbons (Fsp3) is 0.158. The first-order chi connectivity index (χ1) is 12.2. The summed E-state index contributed by atoms with van der Waals surface area (Å²) in [4.78, 5) is 19.7. The number of rotatable bonds is 5. The lowest BCUT2D eigenvalue weighted by molar-refractivity contribution is -0.116. The monoisotopic (exact) mass is 334 g/mol. The molecule has 0 saturated heterocycles. The first-order valence-electron chi connectivity index (χ1n) is 8.10. The summed E-state index contributed by atoms with van der Waals surface area (Å²) in [6, 6.07) is 15.6. The van der Waals surface area contributed by atoms with E-state index in [9.17, 15) is 4.79 Å². The third kappa shape index (κ3) is 3.06. The maximum Gasteiger partial charge on any atom is 0.228 e. The summed E-state index contributed by atoms with van der Waals surface area (Å²) in [5, 5.41) is 3.92. The summed E-state index contributed by atoms with van der Waals surface area (Å²) >= 11 is 0. The number of para-hydroxylation sites is 2. The molecule has 0 bridgehead atoms. The van der Waals surface area contributed by atoms with Gasteiger partial charge in [-0.25, -0.2) is 4.98 Å². The number of benzene rings is 2. The number of nitrogens with zero attached hydrogens (tertiary/aromatic N) is 2. The van der Waals surface area contributed by atoms with E-state index in [4.69, 9.17) is 4.74 Å². The van der Waals surface area contributed by atoms with Crippen LogP contribution in [-0.2, 0) is 11.3 Å². The molecule has 0 spiro atoms. The number of nitrogens with one attached hydrogen (secondary N) is 2. The van der Waals surface area contributed by atoms with Gasteiger partial charge in [-0.2, -0.15) is 0 Å². The van der Waals surface area contributed by atoms with Crippen LogP contribution in [0.5, 0.6) is 5.75 Å². The van der Waals surface area contributed by atoms with Crippen LogP contribution in [0.25, 0.3) is 21.9 Å². The number of hydrogen-bond acceptors (Lipinski definition) is 3. The predicted molar refractivity (Wildman–Crippen MR) is 97.8 cm³/mol. The molecule has 0 fully saturated rings. The number of imidazole rings is 1. The van der Waals surface area contributed by atoms with Crippen molar-refractivity contribution in [2.24, 2.45) is 0 Å². The van der Waals surface area contributed by atoms with Crippen molar-refractivity contribution in [3.05, 3.63) is 54.7 Å². The van der Waals surface area contributed by atoms with E-state index in [-0.39, 0.29) is 5.91 Å². The van der Waals surface area contributed by atoms with Crippen molar-refractivity contribution in [3.8, 4) is 5.75 Å². The molecule has 0 radical (unpaired) electrons. The standard InChI is InChI=1S/C19H18N4O2/c1-25-14-6-7-17-13(12-14)8-10-23(17)11-9-18(24)22-19-20-15-4-2-3-5-16(15)21-19/h2-8,10,12H,9,11H2,1H3,(H2,20,21,22,24). The number of hydrogen-bond donors (Lipinski definition) is 2. The summed E-state index contributed by atoms with van der Waals surface area (Å²) in [7, 11) is 1.65. The number of aromatic nitrogens is 3. The van der Waals surface area contributed by atoms with Crippen LogP contribution in [0.3, 0.4) is 0 Å². The smallest absolute Gasteiger partial charge is 0.228 e. The highest BCUT2D eigenvalue weighted by atomic mass is 16.5. The van der Waals surface area contributed by atoms with E-state index < -0.39 is 0 Å². The molecular weight excluding hydrogens is 316 g/mol. The van der Waals surface area contributed by atoms with Crippen molar-refractivity contribution in [2.75, 3.05) is 12.4 Å². The number of ether oxygens (including phenoxy) is 1. The van der Waals surface area contributed by atoms with Gasteiger partial charge in [-0.1, -0.05) is 12.1 Å². The second-order valence-corrected chi connectivity index (χ2v) is 5.83. The lowest BCUT2D eigenvalue weighted by Gasteiger charge is -2.06. The van der Waals surface area contributed by atoms with Crippen LogP contribution in [-0.4, -0.2) is 27.6 Å². The number of carbonyl (C=O) groups is 1. The fourth-order valence-electron chi connectivity index (χ4n) is 2.93. The molecule has 0 aliphatic carbocycles. The van der Waals surface area contributed by atoms with E-state index in [0.717, 1.165) is 27.7 Å². The molecule has 0 unspecified atom stereocenters. The zero-order chi connectivity index (χ0) is 17.2. The van der Waals surface area contributed by atoms with E-state index in [1.165, 1.54) is 0 Å². The number of anilines is 1. The maximum atomic E-state index is 12.2. The van der Waals surface area contributed by atoms with Gasteiger partial charge >= 0.3 is 0 Å². The molecule has 126 valence electrons. The van der Waals surface area contributed by atoms with Crippen molar-refractivity contribution in [1.29, 1.82) is 0 Å². The summed E-state index contributed by atoms with van der Waals surface area (Å²) in [5.41, 5.74) is 2.82. The van der Waals surface area contributed by atoms with Crippen LogP contribution in [0, 0.1) is 0 Å². The molecule has 6 heteroatoms. The Kier molecular flexibility index (Phi) is 3.85. The zero-order valence-electron chi connectivity index (χ0n) is 13.8. The number of aryl methyl sites for hydroxylation is 1. The second kappa shape index (κ2) is 6.32. The van der Waals surface area contributed by atoms with Gasteiger partial charge in [0.15, 0.2) is 0 Å². The van der Waals surface area contributed by atoms with E-state index in [1.54, 1.807) is 7.11 Å². The minimum absolute atomic E-state index is 0.0746. The van der Waals surface area contributed by atoms with Crippen molar-refractivity contribution in [1.82, 2.24) is 14.5 Å². The third-order valence-corrected chi connectivity index (χ3v) is 4.21. The van der Waals surface area contributed by atoms with E-state index in [0.29, 0.717) is 18.9 Å². The predicted octanol–water partition coefficient (Wildman–Crippen LogP) is 3.56. The van der Waals surface area contributed by atoms with Gasteiger partial charge in [0, 0.05) is 30.1 Å². The Bertz CT molecular complexity index is 1010. The number of aromatic amines is 1. The average molecular weight is 334 g/mol. The van der Waals surface area contributed by atoms with E-state index in [2.05, 4.69) is 19.9 Å². The molecule has 0 aliphatic rings. The van der Waals surface area contributed by atoms with E-state index in [1.807, 2.05) is 54.7 Å². The van der Waals surface area contributed by atoms with Gasteiger partial charge in [0.2, 0.25) is 11.9 Å². The molecule has 4 rings (SSSR count). The van der Waals surface area contributed by atoms with Gasteiger partial charge in [-0.15, -0.1) is 0 Å². The van der Waals surface area contributed by atoms with Gasteiger partial charge in [0.25, 0.3) is 0 Å². The number of fused-ring (bicyclic) bond motifs is 2. The molecular formula is C19H18N4O2. The van der Waals surface area contributed by atoms with Gasteiger partial charge in [0.1, 0.15) is 5.75 Å². The number of methoxy groups -OCH3 is 1. The van der Waals surface area contributed by atoms with E-state index >= 15 is 0 Å². The summed E-state index contributed by atoms with van der Waals surface area (Å²) in [5.74, 6) is 1.23. The summed E-state index contributed by atoms with van der Waals surface area (Å²) in [6.07, 6.45) is 2.35. The van der Waals surface area contributed by atoms with Crippen LogP contribution in [0.1, 0.15) is 6.42 Å². The molecule has 2 N–H and O–H groups in total. The molecule has 1 amide bonds. The first-order valence-corrected chi connectivity index (χ1v) is 8.10. The Balaban J connectivity index is 1.43. The van der Waals surface area contributed by atoms with Crippen molar-refractivity contribution >= 4 is 33.8 Å². The van der Waals surface area contributed by atoms with Gasteiger partial charge < -0.3 is 14.3 Å². The van der Waals surface area contributed by atoms with Gasteiger partial charge in [-0.05, 0) is 36.4 Å². The number of H-pyrrole nitrogens is 1. The van der Waals surface area contributed by atoms with Crippen LogP contribution >= 0.6 is 0 Å². The lowest BCUT2D eigenvalue weighted by Crippen LogP contribution is -2.15. The summed E-state index contributed by atoms with van der Waals surface area (Å²) < 4.78 is 7.30. The van der Waals surface area contributed by atoms with Crippen molar-refractivity contribution in [3.63, 3.8) is 0 Å². The topological polar surface area (TPSA) is 71.9 Å². The quantitative estimate of drug-likeness (QED) is 0.586. The molecule has 0 aliphatic heterocycles. The highest BCUT2D eigenvalue weighted by Gasteiger charge is 2.08. The summed E-state index contributed by atoms with van der Waals surface area (Å²) in [6.45, 7) is 0.599. The molecule has 0 atom stereocenters. The lowest BCUT2D eigenvalue weighted by atomic mass is 10.2. The Morgan fingerprint density at radius 2 is 2.12 bits per heavy atom. The van der Waals surface area contributed by atoms with Crippen LogP contribution in [0.4, 0.5) is 5.95 Å². The molecule has 2 aromatic heterocycles. The second-order valence-electron chi connectivity index (χ2n) is 5.83. The molecule has 2 aromatic carbocycles. The first kappa shape index (κ1) is 15.3. The molecule has 2 heterocycles. The Morgan fingerprint density at radius 3 is 2.96 bits per heavy atom. The SMILES string of the molecule is COc1ccc2c(ccn2CCC(=O)Nc2nc3ccccc3[nH]2)c1. The largest absolute Gasteiger partial charge is 0.497 e. The Hall–Kier alpha value is -3.28. The molecule has 4 aromatic rings. The average Bonchev–Trinajstić information content (AvgIpc) is 3.22. The molecule has 25 heavy (non-hydrogen) atoms. The zero-order valence-corrected chi connectivity index (χ0v) is 13.8. The molecule has 6 nitrogen and oxygen atoms in total. The maximum absolute atomic E-state index is 12.2. The van der Waals surface area contributed by atoms with Crippen LogP contribution in [0.15, 0.2) is 54.7 Å². The normalized spacial score (nSPS) is 11.1. The number of amides is 1. The minimum atomic E-state index is -0.0746. The van der Waals surface area contributed by atoms with Crippen molar-refractivity contribution < 1.29 is 9.53 Å². The fourth-order valence-corrected chi connectivity index (χ4v) is 2.93. The highest BCUT2D eigenvalue weighted by Crippen LogP contribution is 2.22. The Morgan fingerprint density at radius 1 is 1.24 bits per heavy atom. The van der Waals surface area contributed by atoms with Gasteiger partial charge in [-0.3, -0.25) is 10.1 Å². The van der Waals surface area contributed by atoms with Crippen LogP contribution < -0.4 is 10.1 Å². The molecule has 0 saturated carbocycles. The number of carbonyl (C=O) groups excluding carboxylic acids is 1. The Labute approximate surface area is 144 Å².